The predicted molar refractivity (Wildman–Crippen MR) is 39.6 cm³/mol. The second kappa shape index (κ2) is 4.83. The Bertz CT molecular complexity index is 164. The van der Waals surface area contributed by atoms with Crippen LogP contribution in [0.5, 0.6) is 0 Å². The van der Waals surface area contributed by atoms with Crippen LogP contribution in [0.2, 0.25) is 0 Å². The Balaban J connectivity index is 4.04. The fourth-order valence-electron chi connectivity index (χ4n) is 0.560. The van der Waals surface area contributed by atoms with E-state index in [4.69, 9.17) is 4.74 Å². The molecule has 0 aliphatic rings. The number of hydrogen-bond donors (Lipinski definition) is 0. The lowest BCUT2D eigenvalue weighted by Crippen LogP contribution is -2.05. The summed E-state index contributed by atoms with van der Waals surface area (Å²) in [4.78, 5) is 10.8. The van der Waals surface area contributed by atoms with E-state index in [0.29, 0.717) is 18.6 Å². The smallest absolute Gasteiger partial charge is 0.341 e. The van der Waals surface area contributed by atoms with E-state index in [0.717, 1.165) is 0 Å². The lowest BCUT2D eigenvalue weighted by Gasteiger charge is -1.99. The van der Waals surface area contributed by atoms with E-state index < -0.39 is 0 Å². The summed E-state index contributed by atoms with van der Waals surface area (Å²) in [5.74, 6) is -0.306. The Morgan fingerprint density at radius 3 is 2.50 bits per heavy atom. The highest BCUT2D eigenvalue weighted by atomic mass is 16.5. The molecule has 0 bridgehead atoms. The number of ether oxygens (including phenoxy) is 1. The summed E-state index contributed by atoms with van der Waals surface area (Å²) in [6.07, 6.45) is 0.627. The fourth-order valence-corrected chi connectivity index (χ4v) is 0.560. The van der Waals surface area contributed by atoms with Crippen molar-refractivity contribution in [3.63, 3.8) is 0 Å². The van der Waals surface area contributed by atoms with Gasteiger partial charge in [-0.3, -0.25) is 0 Å². The van der Waals surface area contributed by atoms with Crippen molar-refractivity contribution in [2.75, 3.05) is 6.61 Å². The zero-order chi connectivity index (χ0) is 7.98. The standard InChI is InChI=1S/C8H12O2/c1-4-7(5-2)8(9)10-6-3/h1,5-6H2,2-3H3. The maximum atomic E-state index is 10.8. The average molecular weight is 140 g/mol. The van der Waals surface area contributed by atoms with Crippen LogP contribution in [0.1, 0.15) is 20.3 Å². The fraction of sp³-hybridized carbons (Fsp3) is 0.500. The van der Waals surface area contributed by atoms with Crippen molar-refractivity contribution >= 4 is 5.97 Å². The number of hydrogen-bond acceptors (Lipinski definition) is 2. The molecule has 0 heterocycles. The first-order chi connectivity index (χ1) is 4.76. The van der Waals surface area contributed by atoms with Crippen LogP contribution in [0.3, 0.4) is 0 Å². The van der Waals surface area contributed by atoms with E-state index >= 15 is 0 Å². The molecule has 2 nitrogen and oxygen atoms in total. The highest BCUT2D eigenvalue weighted by molar-refractivity contribution is 5.87. The van der Waals surface area contributed by atoms with E-state index in [9.17, 15) is 4.79 Å². The summed E-state index contributed by atoms with van der Waals surface area (Å²) in [5.41, 5.74) is 3.04. The van der Waals surface area contributed by atoms with Gasteiger partial charge in [0.15, 0.2) is 0 Å². The van der Waals surface area contributed by atoms with Gasteiger partial charge >= 0.3 is 5.97 Å². The molecule has 0 aliphatic carbocycles. The predicted octanol–water partition coefficient (Wildman–Crippen LogP) is 1.67. The summed E-state index contributed by atoms with van der Waals surface area (Å²) in [6, 6.07) is 0. The molecule has 0 rings (SSSR count). The summed E-state index contributed by atoms with van der Waals surface area (Å²) < 4.78 is 4.71. The summed E-state index contributed by atoms with van der Waals surface area (Å²) >= 11 is 0. The molecule has 0 spiro atoms. The molecular weight excluding hydrogens is 128 g/mol. The molecule has 0 aliphatic heterocycles. The molecule has 0 aromatic rings. The second-order valence-corrected chi connectivity index (χ2v) is 1.73. The van der Waals surface area contributed by atoms with E-state index in [1.54, 1.807) is 6.92 Å². The van der Waals surface area contributed by atoms with E-state index in [2.05, 4.69) is 12.3 Å². The van der Waals surface area contributed by atoms with Crippen molar-refractivity contribution in [3.8, 4) is 0 Å². The summed E-state index contributed by atoms with van der Waals surface area (Å²) in [6.45, 7) is 7.42. The molecule has 0 aromatic heterocycles. The van der Waals surface area contributed by atoms with E-state index in [1.807, 2.05) is 6.92 Å². The van der Waals surface area contributed by atoms with Crippen molar-refractivity contribution in [1.82, 2.24) is 0 Å². The highest BCUT2D eigenvalue weighted by Gasteiger charge is 2.05. The number of rotatable bonds is 3. The SMILES string of the molecule is C=C=C(CC)C(=O)OCC. The molecule has 56 valence electrons. The molecule has 0 saturated heterocycles. The quantitative estimate of drug-likeness (QED) is 0.338. The van der Waals surface area contributed by atoms with Gasteiger partial charge in [-0.15, -0.1) is 5.73 Å². The monoisotopic (exact) mass is 140 g/mol. The molecule has 0 radical (unpaired) electrons. The first kappa shape index (κ1) is 8.99. The highest BCUT2D eigenvalue weighted by Crippen LogP contribution is 1.99. The Labute approximate surface area is 61.2 Å². The van der Waals surface area contributed by atoms with Crippen molar-refractivity contribution in [2.24, 2.45) is 0 Å². The maximum Gasteiger partial charge on any atom is 0.341 e. The molecule has 0 fully saturated rings. The van der Waals surface area contributed by atoms with Gasteiger partial charge in [-0.05, 0) is 13.3 Å². The van der Waals surface area contributed by atoms with Crippen LogP contribution < -0.4 is 0 Å². The van der Waals surface area contributed by atoms with Gasteiger partial charge in [0.05, 0.1) is 12.2 Å². The van der Waals surface area contributed by atoms with Crippen LogP contribution in [0, 0.1) is 0 Å². The zero-order valence-corrected chi connectivity index (χ0v) is 6.44. The third kappa shape index (κ3) is 2.51. The van der Waals surface area contributed by atoms with Crippen LogP contribution in [-0.4, -0.2) is 12.6 Å². The first-order valence-electron chi connectivity index (χ1n) is 3.32. The van der Waals surface area contributed by atoms with Gasteiger partial charge in [-0.1, -0.05) is 13.5 Å². The van der Waals surface area contributed by atoms with Gasteiger partial charge in [0.1, 0.15) is 0 Å². The zero-order valence-electron chi connectivity index (χ0n) is 6.44. The molecule has 0 atom stereocenters. The third-order valence-electron chi connectivity index (χ3n) is 1.09. The van der Waals surface area contributed by atoms with Gasteiger partial charge in [0.25, 0.3) is 0 Å². The van der Waals surface area contributed by atoms with Gasteiger partial charge in [-0.2, -0.15) is 0 Å². The lowest BCUT2D eigenvalue weighted by atomic mass is 10.2. The van der Waals surface area contributed by atoms with Crippen molar-refractivity contribution in [1.29, 1.82) is 0 Å². The van der Waals surface area contributed by atoms with Gasteiger partial charge < -0.3 is 4.74 Å². The van der Waals surface area contributed by atoms with Gasteiger partial charge in [0.2, 0.25) is 0 Å². The van der Waals surface area contributed by atoms with Crippen LogP contribution in [-0.2, 0) is 9.53 Å². The van der Waals surface area contributed by atoms with Crippen molar-refractivity contribution in [2.45, 2.75) is 20.3 Å². The molecule has 0 saturated carbocycles. The summed E-state index contributed by atoms with van der Waals surface area (Å²) in [5, 5.41) is 0. The number of esters is 1. The molecule has 10 heavy (non-hydrogen) atoms. The van der Waals surface area contributed by atoms with Crippen LogP contribution in [0.4, 0.5) is 0 Å². The Hall–Kier alpha value is -1.01. The maximum absolute atomic E-state index is 10.8. The largest absolute Gasteiger partial charge is 0.462 e. The molecule has 0 amide bonds. The van der Waals surface area contributed by atoms with Crippen molar-refractivity contribution in [3.05, 3.63) is 17.9 Å². The summed E-state index contributed by atoms with van der Waals surface area (Å²) in [7, 11) is 0. The molecular formula is C8H12O2. The van der Waals surface area contributed by atoms with Crippen LogP contribution in [0.15, 0.2) is 17.9 Å². The third-order valence-corrected chi connectivity index (χ3v) is 1.09. The van der Waals surface area contributed by atoms with Gasteiger partial charge in [-0.25, -0.2) is 4.79 Å². The Kier molecular flexibility index (Phi) is 4.34. The minimum Gasteiger partial charge on any atom is -0.462 e. The van der Waals surface area contributed by atoms with Crippen LogP contribution in [0.25, 0.3) is 0 Å². The lowest BCUT2D eigenvalue weighted by molar-refractivity contribution is -0.138. The Morgan fingerprint density at radius 2 is 2.20 bits per heavy atom. The number of carbonyl (C=O) groups excluding carboxylic acids is 1. The minimum atomic E-state index is -0.306. The second-order valence-electron chi connectivity index (χ2n) is 1.73. The molecule has 0 aromatic carbocycles. The van der Waals surface area contributed by atoms with Crippen LogP contribution >= 0.6 is 0 Å². The number of carbonyl (C=O) groups is 1. The minimum absolute atomic E-state index is 0.306. The van der Waals surface area contributed by atoms with Gasteiger partial charge in [0, 0.05) is 0 Å². The molecule has 0 unspecified atom stereocenters. The Morgan fingerprint density at radius 1 is 1.60 bits per heavy atom. The first-order valence-corrected chi connectivity index (χ1v) is 3.32. The normalized spacial score (nSPS) is 8.20. The topological polar surface area (TPSA) is 26.3 Å². The van der Waals surface area contributed by atoms with E-state index in [1.165, 1.54) is 0 Å². The molecule has 0 N–H and O–H groups in total. The van der Waals surface area contributed by atoms with E-state index in [-0.39, 0.29) is 5.97 Å². The average Bonchev–Trinajstić information content (AvgIpc) is 1.91. The van der Waals surface area contributed by atoms with Crippen molar-refractivity contribution < 1.29 is 9.53 Å². The molecule has 2 heteroatoms.